The number of methoxy groups -OCH3 is 1. The average molecular weight is 426 g/mol. The van der Waals surface area contributed by atoms with Crippen molar-refractivity contribution in [1.82, 2.24) is 15.0 Å². The average Bonchev–Trinajstić information content (AvgIpc) is 3.10. The Labute approximate surface area is 178 Å². The summed E-state index contributed by atoms with van der Waals surface area (Å²) in [6, 6.07) is 10.1. The molecule has 0 bridgehead atoms. The van der Waals surface area contributed by atoms with Crippen molar-refractivity contribution in [2.45, 2.75) is 26.8 Å². The van der Waals surface area contributed by atoms with Gasteiger partial charge in [0, 0.05) is 12.0 Å². The zero-order chi connectivity index (χ0) is 22.5. The molecule has 10 nitrogen and oxygen atoms in total. The van der Waals surface area contributed by atoms with Crippen LogP contribution < -0.4 is 4.74 Å². The van der Waals surface area contributed by atoms with Gasteiger partial charge in [-0.15, -0.1) is 5.10 Å². The quantitative estimate of drug-likeness (QED) is 0.330. The molecule has 1 aromatic heterocycles. The van der Waals surface area contributed by atoms with Crippen molar-refractivity contribution < 1.29 is 24.3 Å². The van der Waals surface area contributed by atoms with Crippen LogP contribution in [0.4, 0.5) is 5.69 Å². The van der Waals surface area contributed by atoms with Crippen molar-refractivity contribution in [3.8, 4) is 11.5 Å². The lowest BCUT2D eigenvalue weighted by molar-refractivity contribution is -0.386. The molecule has 1 N–H and O–H groups in total. The standard InChI is InChI=1S/C21H22N4O6/c1-4-31-21(27)20-17(11-15-9-13(2)10-18(26)19(15)25(28)29)22-23-24(20)12-14-5-7-16(30-3)8-6-14/h5-10,26H,4,11-12H2,1-3H3. The number of nitrogens with zero attached hydrogens (tertiary/aromatic N) is 4. The second-order valence-corrected chi connectivity index (χ2v) is 6.84. The first-order valence-corrected chi connectivity index (χ1v) is 9.53. The minimum atomic E-state index is -0.657. The molecule has 162 valence electrons. The van der Waals surface area contributed by atoms with Crippen molar-refractivity contribution in [3.05, 3.63) is 74.6 Å². The summed E-state index contributed by atoms with van der Waals surface area (Å²) < 4.78 is 11.7. The number of hydrogen-bond donors (Lipinski definition) is 1. The molecule has 0 radical (unpaired) electrons. The van der Waals surface area contributed by atoms with E-state index in [0.717, 1.165) is 5.56 Å². The van der Waals surface area contributed by atoms with Crippen molar-refractivity contribution in [3.63, 3.8) is 0 Å². The molecule has 0 spiro atoms. The van der Waals surface area contributed by atoms with E-state index in [1.54, 1.807) is 39.2 Å². The predicted octanol–water partition coefficient (Wildman–Crippen LogP) is 3.02. The van der Waals surface area contributed by atoms with Crippen LogP contribution in [-0.4, -0.2) is 44.7 Å². The first kappa shape index (κ1) is 21.8. The van der Waals surface area contributed by atoms with Gasteiger partial charge in [-0.3, -0.25) is 10.1 Å². The molecule has 0 aliphatic heterocycles. The third-order valence-corrected chi connectivity index (χ3v) is 4.62. The topological polar surface area (TPSA) is 130 Å². The number of carbonyl (C=O) groups excluding carboxylic acids is 1. The van der Waals surface area contributed by atoms with Crippen LogP contribution >= 0.6 is 0 Å². The molecule has 3 aromatic rings. The summed E-state index contributed by atoms with van der Waals surface area (Å²) in [7, 11) is 1.57. The summed E-state index contributed by atoms with van der Waals surface area (Å²) >= 11 is 0. The van der Waals surface area contributed by atoms with Crippen LogP contribution in [0, 0.1) is 17.0 Å². The van der Waals surface area contributed by atoms with Gasteiger partial charge in [0.15, 0.2) is 11.4 Å². The Morgan fingerprint density at radius 3 is 2.58 bits per heavy atom. The number of ether oxygens (including phenoxy) is 2. The van der Waals surface area contributed by atoms with Gasteiger partial charge in [0.05, 0.1) is 25.2 Å². The van der Waals surface area contributed by atoms with E-state index in [1.165, 1.54) is 10.7 Å². The Morgan fingerprint density at radius 1 is 1.26 bits per heavy atom. The lowest BCUT2D eigenvalue weighted by Gasteiger charge is -2.09. The van der Waals surface area contributed by atoms with Crippen LogP contribution in [0.3, 0.4) is 0 Å². The van der Waals surface area contributed by atoms with Crippen LogP contribution in [0.1, 0.15) is 39.8 Å². The number of aromatic nitrogens is 3. The molecule has 0 aliphatic carbocycles. The summed E-state index contributed by atoms with van der Waals surface area (Å²) in [4.78, 5) is 23.5. The Kier molecular flexibility index (Phi) is 6.49. The molecule has 3 rings (SSSR count). The molecule has 0 atom stereocenters. The summed E-state index contributed by atoms with van der Waals surface area (Å²) in [5.41, 5.74) is 1.62. The number of phenols is 1. The minimum absolute atomic E-state index is 0.0671. The van der Waals surface area contributed by atoms with Gasteiger partial charge in [-0.05, 0) is 49.2 Å². The summed E-state index contributed by atoms with van der Waals surface area (Å²) in [6.45, 7) is 3.78. The second-order valence-electron chi connectivity index (χ2n) is 6.84. The normalized spacial score (nSPS) is 10.7. The van der Waals surface area contributed by atoms with Crippen molar-refractivity contribution >= 4 is 11.7 Å². The van der Waals surface area contributed by atoms with E-state index in [4.69, 9.17) is 9.47 Å². The maximum atomic E-state index is 12.7. The number of rotatable bonds is 8. The van der Waals surface area contributed by atoms with E-state index in [1.807, 2.05) is 12.1 Å². The van der Waals surface area contributed by atoms with E-state index in [0.29, 0.717) is 11.3 Å². The fraction of sp³-hybridized carbons (Fsp3) is 0.286. The van der Waals surface area contributed by atoms with Crippen LogP contribution in [0.5, 0.6) is 11.5 Å². The zero-order valence-electron chi connectivity index (χ0n) is 17.4. The Balaban J connectivity index is 2.01. The summed E-state index contributed by atoms with van der Waals surface area (Å²) in [5.74, 6) is -0.376. The molecular formula is C21H22N4O6. The Morgan fingerprint density at radius 2 is 1.97 bits per heavy atom. The van der Waals surface area contributed by atoms with E-state index in [-0.39, 0.29) is 36.5 Å². The first-order chi connectivity index (χ1) is 14.8. The van der Waals surface area contributed by atoms with Gasteiger partial charge in [0.1, 0.15) is 11.4 Å². The monoisotopic (exact) mass is 426 g/mol. The van der Waals surface area contributed by atoms with Gasteiger partial charge in [-0.25, -0.2) is 9.48 Å². The lowest BCUT2D eigenvalue weighted by Crippen LogP contribution is -2.16. The largest absolute Gasteiger partial charge is 0.502 e. The second kappa shape index (κ2) is 9.24. The molecule has 0 aliphatic rings. The van der Waals surface area contributed by atoms with Crippen LogP contribution in [0.15, 0.2) is 36.4 Å². The molecular weight excluding hydrogens is 404 g/mol. The van der Waals surface area contributed by atoms with Gasteiger partial charge in [0.25, 0.3) is 0 Å². The first-order valence-electron chi connectivity index (χ1n) is 9.53. The number of nitro groups is 1. The smallest absolute Gasteiger partial charge is 0.358 e. The Hall–Kier alpha value is -3.95. The molecule has 0 saturated carbocycles. The number of phenolic OH excluding ortho intramolecular Hbond substituents is 1. The maximum absolute atomic E-state index is 12.7. The number of nitro benzene ring substituents is 1. The van der Waals surface area contributed by atoms with Gasteiger partial charge in [-0.1, -0.05) is 17.3 Å². The van der Waals surface area contributed by atoms with E-state index >= 15 is 0 Å². The van der Waals surface area contributed by atoms with E-state index < -0.39 is 22.3 Å². The number of benzene rings is 2. The van der Waals surface area contributed by atoms with Gasteiger partial charge in [0.2, 0.25) is 0 Å². The van der Waals surface area contributed by atoms with Crippen molar-refractivity contribution in [1.29, 1.82) is 0 Å². The number of aryl methyl sites for hydroxylation is 1. The number of carbonyl (C=O) groups is 1. The van der Waals surface area contributed by atoms with Crippen molar-refractivity contribution in [2.24, 2.45) is 0 Å². The summed E-state index contributed by atoms with van der Waals surface area (Å²) in [5, 5.41) is 29.7. The highest BCUT2D eigenvalue weighted by molar-refractivity contribution is 5.88. The third-order valence-electron chi connectivity index (χ3n) is 4.62. The van der Waals surface area contributed by atoms with Gasteiger partial charge >= 0.3 is 11.7 Å². The van der Waals surface area contributed by atoms with Crippen molar-refractivity contribution in [2.75, 3.05) is 13.7 Å². The molecule has 10 heteroatoms. The number of hydrogen-bond acceptors (Lipinski definition) is 8. The maximum Gasteiger partial charge on any atom is 0.358 e. The fourth-order valence-corrected chi connectivity index (χ4v) is 3.26. The van der Waals surface area contributed by atoms with Crippen LogP contribution in [0.2, 0.25) is 0 Å². The summed E-state index contributed by atoms with van der Waals surface area (Å²) in [6.07, 6.45) is -0.0671. The Bertz CT molecular complexity index is 1110. The number of aromatic hydroxyl groups is 1. The predicted molar refractivity (Wildman–Crippen MR) is 110 cm³/mol. The minimum Gasteiger partial charge on any atom is -0.502 e. The molecule has 0 fully saturated rings. The SMILES string of the molecule is CCOC(=O)c1c(Cc2cc(C)cc(O)c2[N+](=O)[O-])nnn1Cc1ccc(OC)cc1. The highest BCUT2D eigenvalue weighted by Gasteiger charge is 2.26. The molecule has 2 aromatic carbocycles. The molecule has 1 heterocycles. The van der Waals surface area contributed by atoms with E-state index in [2.05, 4.69) is 10.3 Å². The van der Waals surface area contributed by atoms with Gasteiger partial charge < -0.3 is 14.6 Å². The zero-order valence-corrected chi connectivity index (χ0v) is 17.4. The lowest BCUT2D eigenvalue weighted by atomic mass is 10.0. The molecule has 0 saturated heterocycles. The third kappa shape index (κ3) is 4.80. The fourth-order valence-electron chi connectivity index (χ4n) is 3.26. The van der Waals surface area contributed by atoms with Crippen LogP contribution in [-0.2, 0) is 17.7 Å². The molecule has 0 amide bonds. The van der Waals surface area contributed by atoms with Crippen LogP contribution in [0.25, 0.3) is 0 Å². The highest BCUT2D eigenvalue weighted by Crippen LogP contribution is 2.33. The van der Waals surface area contributed by atoms with Gasteiger partial charge in [-0.2, -0.15) is 0 Å². The molecule has 0 unspecified atom stereocenters. The molecule has 31 heavy (non-hydrogen) atoms. The number of esters is 1. The highest BCUT2D eigenvalue weighted by atomic mass is 16.6. The van der Waals surface area contributed by atoms with E-state index in [9.17, 15) is 20.0 Å².